The zero-order chi connectivity index (χ0) is 15.9. The van der Waals surface area contributed by atoms with Crippen LogP contribution in [-0.2, 0) is 14.3 Å². The molecule has 0 saturated heterocycles. The molecule has 22 heavy (non-hydrogen) atoms. The van der Waals surface area contributed by atoms with Crippen molar-refractivity contribution in [3.05, 3.63) is 68.6 Å². The fraction of sp³-hybridized carbons (Fsp3) is 0.235. The Morgan fingerprint density at radius 1 is 0.955 bits per heavy atom. The Morgan fingerprint density at radius 3 is 1.82 bits per heavy atom. The molecule has 0 aliphatic carbocycles. The van der Waals surface area contributed by atoms with Gasteiger partial charge in [0.2, 0.25) is 0 Å². The molecule has 0 atom stereocenters. The van der Waals surface area contributed by atoms with Crippen molar-refractivity contribution in [3.63, 3.8) is 0 Å². The highest BCUT2D eigenvalue weighted by molar-refractivity contribution is 9.10. The number of ether oxygens (including phenoxy) is 2. The lowest BCUT2D eigenvalue weighted by atomic mass is 10.0. The predicted molar refractivity (Wildman–Crippen MR) is 92.7 cm³/mol. The number of benzene rings is 2. The van der Waals surface area contributed by atoms with Gasteiger partial charge in [0, 0.05) is 8.95 Å². The van der Waals surface area contributed by atoms with Gasteiger partial charge in [-0.1, -0.05) is 56.1 Å². The SMILES string of the molecule is CCOC(=O)COC(c1ccc(Br)cc1)c1ccc(Br)cc1. The number of carbonyl (C=O) groups excluding carboxylic acids is 1. The number of hydrogen-bond donors (Lipinski definition) is 0. The molecule has 2 aromatic rings. The Morgan fingerprint density at radius 2 is 1.41 bits per heavy atom. The molecule has 0 bridgehead atoms. The van der Waals surface area contributed by atoms with Crippen molar-refractivity contribution in [2.24, 2.45) is 0 Å². The molecule has 0 N–H and O–H groups in total. The van der Waals surface area contributed by atoms with Crippen LogP contribution in [0.4, 0.5) is 0 Å². The van der Waals surface area contributed by atoms with Gasteiger partial charge in [-0.15, -0.1) is 0 Å². The first-order valence-corrected chi connectivity index (χ1v) is 8.47. The van der Waals surface area contributed by atoms with Crippen molar-refractivity contribution in [2.75, 3.05) is 13.2 Å². The first kappa shape index (κ1) is 17.2. The molecule has 0 fully saturated rings. The summed E-state index contributed by atoms with van der Waals surface area (Å²) >= 11 is 6.84. The molecule has 3 nitrogen and oxygen atoms in total. The highest BCUT2D eigenvalue weighted by Gasteiger charge is 2.17. The van der Waals surface area contributed by atoms with E-state index in [1.54, 1.807) is 6.92 Å². The smallest absolute Gasteiger partial charge is 0.332 e. The predicted octanol–water partition coefficient (Wildman–Crippen LogP) is 4.88. The van der Waals surface area contributed by atoms with Crippen LogP contribution < -0.4 is 0 Å². The van der Waals surface area contributed by atoms with Gasteiger partial charge in [-0.2, -0.15) is 0 Å². The van der Waals surface area contributed by atoms with Crippen molar-refractivity contribution >= 4 is 37.8 Å². The Bertz CT molecular complexity index is 563. The molecular formula is C17H16Br2O3. The van der Waals surface area contributed by atoms with Gasteiger partial charge < -0.3 is 9.47 Å². The number of rotatable bonds is 6. The zero-order valence-corrected chi connectivity index (χ0v) is 15.3. The number of hydrogen-bond acceptors (Lipinski definition) is 3. The van der Waals surface area contributed by atoms with E-state index in [4.69, 9.17) is 9.47 Å². The molecular weight excluding hydrogens is 412 g/mol. The van der Waals surface area contributed by atoms with Gasteiger partial charge >= 0.3 is 5.97 Å². The van der Waals surface area contributed by atoms with E-state index in [9.17, 15) is 4.79 Å². The highest BCUT2D eigenvalue weighted by Crippen LogP contribution is 2.28. The summed E-state index contributed by atoms with van der Waals surface area (Å²) in [4.78, 5) is 11.6. The van der Waals surface area contributed by atoms with E-state index in [1.807, 2.05) is 48.5 Å². The van der Waals surface area contributed by atoms with Gasteiger partial charge in [-0.3, -0.25) is 0 Å². The Kier molecular flexibility index (Phi) is 6.61. The average Bonchev–Trinajstić information content (AvgIpc) is 2.51. The van der Waals surface area contributed by atoms with E-state index in [-0.39, 0.29) is 18.7 Å². The largest absolute Gasteiger partial charge is 0.464 e. The van der Waals surface area contributed by atoms with E-state index in [1.165, 1.54) is 0 Å². The lowest BCUT2D eigenvalue weighted by molar-refractivity contribution is -0.149. The van der Waals surface area contributed by atoms with Crippen molar-refractivity contribution in [2.45, 2.75) is 13.0 Å². The average molecular weight is 428 g/mol. The minimum absolute atomic E-state index is 0.0787. The fourth-order valence-corrected chi connectivity index (χ4v) is 2.54. The Balaban J connectivity index is 2.22. The Hall–Kier alpha value is -1.17. The van der Waals surface area contributed by atoms with Crippen LogP contribution in [0.5, 0.6) is 0 Å². The molecule has 0 amide bonds. The van der Waals surface area contributed by atoms with Crippen LogP contribution in [0.1, 0.15) is 24.2 Å². The quantitative estimate of drug-likeness (QED) is 0.616. The van der Waals surface area contributed by atoms with Gasteiger partial charge in [0.25, 0.3) is 0 Å². The van der Waals surface area contributed by atoms with Crippen LogP contribution in [0.2, 0.25) is 0 Å². The topological polar surface area (TPSA) is 35.5 Å². The normalized spacial score (nSPS) is 10.7. The van der Waals surface area contributed by atoms with Crippen LogP contribution in [0.25, 0.3) is 0 Å². The van der Waals surface area contributed by atoms with Crippen LogP contribution in [0.3, 0.4) is 0 Å². The number of carbonyl (C=O) groups is 1. The molecule has 2 aromatic carbocycles. The summed E-state index contributed by atoms with van der Waals surface area (Å²) in [6.07, 6.45) is -0.314. The molecule has 2 rings (SSSR count). The second kappa shape index (κ2) is 8.46. The summed E-state index contributed by atoms with van der Waals surface area (Å²) in [5.74, 6) is -0.360. The number of esters is 1. The molecule has 116 valence electrons. The van der Waals surface area contributed by atoms with E-state index in [0.717, 1.165) is 20.1 Å². The fourth-order valence-electron chi connectivity index (χ4n) is 2.01. The van der Waals surface area contributed by atoms with Gasteiger partial charge in [-0.05, 0) is 42.3 Å². The summed E-state index contributed by atoms with van der Waals surface area (Å²) in [6, 6.07) is 15.7. The molecule has 0 radical (unpaired) electrons. The lowest BCUT2D eigenvalue weighted by Gasteiger charge is -2.19. The highest BCUT2D eigenvalue weighted by atomic mass is 79.9. The summed E-state index contributed by atoms with van der Waals surface area (Å²) in [6.45, 7) is 2.05. The lowest BCUT2D eigenvalue weighted by Crippen LogP contribution is -2.16. The van der Waals surface area contributed by atoms with E-state index in [0.29, 0.717) is 6.61 Å². The zero-order valence-electron chi connectivity index (χ0n) is 12.1. The van der Waals surface area contributed by atoms with Crippen LogP contribution >= 0.6 is 31.9 Å². The third kappa shape index (κ3) is 4.93. The number of halogens is 2. The first-order chi connectivity index (χ1) is 10.6. The molecule has 0 aliphatic rings. The third-order valence-electron chi connectivity index (χ3n) is 3.02. The summed E-state index contributed by atoms with van der Waals surface area (Å²) in [7, 11) is 0. The minimum Gasteiger partial charge on any atom is -0.464 e. The van der Waals surface area contributed by atoms with Crippen molar-refractivity contribution in [1.82, 2.24) is 0 Å². The van der Waals surface area contributed by atoms with Gasteiger partial charge in [-0.25, -0.2) is 4.79 Å². The van der Waals surface area contributed by atoms with Crippen molar-refractivity contribution < 1.29 is 14.3 Å². The van der Waals surface area contributed by atoms with E-state index >= 15 is 0 Å². The van der Waals surface area contributed by atoms with Crippen LogP contribution in [-0.4, -0.2) is 19.2 Å². The maximum atomic E-state index is 11.6. The van der Waals surface area contributed by atoms with Crippen molar-refractivity contribution in [3.8, 4) is 0 Å². The molecule has 0 aromatic heterocycles. The molecule has 5 heteroatoms. The van der Waals surface area contributed by atoms with Gasteiger partial charge in [0.15, 0.2) is 0 Å². The third-order valence-corrected chi connectivity index (χ3v) is 4.08. The van der Waals surface area contributed by atoms with E-state index < -0.39 is 0 Å². The maximum Gasteiger partial charge on any atom is 0.332 e. The Labute approximate surface area is 146 Å². The summed E-state index contributed by atoms with van der Waals surface area (Å²) in [5, 5.41) is 0. The van der Waals surface area contributed by atoms with E-state index in [2.05, 4.69) is 31.9 Å². The van der Waals surface area contributed by atoms with Crippen LogP contribution in [0, 0.1) is 0 Å². The second-order valence-corrected chi connectivity index (χ2v) is 6.43. The molecule has 0 aliphatic heterocycles. The summed E-state index contributed by atoms with van der Waals surface area (Å²) < 4.78 is 12.7. The molecule has 0 heterocycles. The van der Waals surface area contributed by atoms with Gasteiger partial charge in [0.1, 0.15) is 12.7 Å². The minimum atomic E-state index is -0.360. The maximum absolute atomic E-state index is 11.6. The standard InChI is InChI=1S/C17H16Br2O3/c1-2-21-16(20)11-22-17(12-3-7-14(18)8-4-12)13-5-9-15(19)10-6-13/h3-10,17H,2,11H2,1H3. The molecule has 0 unspecified atom stereocenters. The van der Waals surface area contributed by atoms with Crippen LogP contribution in [0.15, 0.2) is 57.5 Å². The summed E-state index contributed by atoms with van der Waals surface area (Å²) in [5.41, 5.74) is 1.96. The molecule has 0 saturated carbocycles. The first-order valence-electron chi connectivity index (χ1n) is 6.88. The van der Waals surface area contributed by atoms with Crippen molar-refractivity contribution in [1.29, 1.82) is 0 Å². The second-order valence-electron chi connectivity index (χ2n) is 4.60. The molecule has 0 spiro atoms. The monoisotopic (exact) mass is 426 g/mol. The van der Waals surface area contributed by atoms with Gasteiger partial charge in [0.05, 0.1) is 6.61 Å².